The molecule has 0 radical (unpaired) electrons. The Morgan fingerprint density at radius 3 is 2.34 bits per heavy atom. The Bertz CT molecular complexity index is 898. The highest BCUT2D eigenvalue weighted by Gasteiger charge is 2.46. The van der Waals surface area contributed by atoms with E-state index in [9.17, 15) is 9.59 Å². The molecule has 2 aromatic carbocycles. The molecular weight excluding hydrogens is 411 g/mol. The summed E-state index contributed by atoms with van der Waals surface area (Å²) in [4.78, 5) is 28.8. The summed E-state index contributed by atoms with van der Waals surface area (Å²) in [5, 5.41) is 0.887. The van der Waals surface area contributed by atoms with Gasteiger partial charge in [-0.25, -0.2) is 0 Å². The molecule has 1 aliphatic heterocycles. The minimum atomic E-state index is -0.114. The first-order valence-electron chi connectivity index (χ1n) is 9.72. The van der Waals surface area contributed by atoms with Gasteiger partial charge in [0.25, 0.3) is 5.91 Å². The van der Waals surface area contributed by atoms with Crippen LogP contribution in [0, 0.1) is 5.92 Å². The lowest BCUT2D eigenvalue weighted by atomic mass is 10.1. The molecule has 7 heteroatoms. The van der Waals surface area contributed by atoms with Crippen molar-refractivity contribution in [3.8, 4) is 5.75 Å². The fourth-order valence-electron chi connectivity index (χ4n) is 3.77. The molecule has 0 unspecified atom stereocenters. The Balaban J connectivity index is 1.24. The number of carbonyl (C=O) groups is 2. The summed E-state index contributed by atoms with van der Waals surface area (Å²) in [6, 6.07) is 15.1. The first kappa shape index (κ1) is 20.0. The van der Waals surface area contributed by atoms with E-state index in [2.05, 4.69) is 12.1 Å². The molecule has 5 nitrogen and oxygen atoms in total. The maximum Gasteiger partial charge on any atom is 0.260 e. The van der Waals surface area contributed by atoms with Crippen molar-refractivity contribution in [3.05, 3.63) is 64.1 Å². The summed E-state index contributed by atoms with van der Waals surface area (Å²) in [5.41, 5.74) is 1.23. The summed E-state index contributed by atoms with van der Waals surface area (Å²) in [6.45, 7) is 2.07. The highest BCUT2D eigenvalue weighted by molar-refractivity contribution is 6.35. The second-order valence-electron chi connectivity index (χ2n) is 7.43. The van der Waals surface area contributed by atoms with Gasteiger partial charge >= 0.3 is 0 Å². The van der Waals surface area contributed by atoms with Crippen molar-refractivity contribution in [3.63, 3.8) is 0 Å². The third-order valence-corrected chi connectivity index (χ3v) is 6.05. The van der Waals surface area contributed by atoms with E-state index in [4.69, 9.17) is 27.9 Å². The van der Waals surface area contributed by atoms with Crippen LogP contribution in [0.25, 0.3) is 0 Å². The normalized spacial score (nSPS) is 21.0. The summed E-state index contributed by atoms with van der Waals surface area (Å²) in [5.74, 6) is 0.932. The average molecular weight is 433 g/mol. The molecule has 0 aromatic heterocycles. The van der Waals surface area contributed by atoms with Gasteiger partial charge in [0.1, 0.15) is 5.75 Å². The van der Waals surface area contributed by atoms with Crippen LogP contribution < -0.4 is 4.74 Å². The molecule has 4 rings (SSSR count). The third kappa shape index (κ3) is 4.68. The van der Waals surface area contributed by atoms with Crippen LogP contribution in [0.5, 0.6) is 5.75 Å². The standard InChI is InChI=1S/C22H22Cl2N2O3/c23-16-6-7-20(19(24)12-16)29-14-21(27)25-8-10-26(11-9-25)22(28)18-13-17(18)15-4-2-1-3-5-15/h1-7,12,17-18H,8-11,13-14H2/t17-,18-/m0/s1. The molecule has 1 saturated carbocycles. The number of halogens is 2. The van der Waals surface area contributed by atoms with Crippen molar-refractivity contribution in [1.82, 2.24) is 9.80 Å². The predicted molar refractivity (Wildman–Crippen MR) is 112 cm³/mol. The van der Waals surface area contributed by atoms with Crippen LogP contribution in [0.4, 0.5) is 0 Å². The zero-order valence-electron chi connectivity index (χ0n) is 15.9. The van der Waals surface area contributed by atoms with Crippen LogP contribution in [-0.4, -0.2) is 54.4 Å². The fourth-order valence-corrected chi connectivity index (χ4v) is 4.23. The summed E-state index contributed by atoms with van der Waals surface area (Å²) in [7, 11) is 0. The largest absolute Gasteiger partial charge is 0.482 e. The fraction of sp³-hybridized carbons (Fsp3) is 0.364. The van der Waals surface area contributed by atoms with Crippen LogP contribution in [0.2, 0.25) is 10.0 Å². The zero-order chi connectivity index (χ0) is 20.4. The van der Waals surface area contributed by atoms with Gasteiger partial charge in [0, 0.05) is 37.1 Å². The van der Waals surface area contributed by atoms with E-state index < -0.39 is 0 Å². The van der Waals surface area contributed by atoms with Gasteiger partial charge in [-0.1, -0.05) is 53.5 Å². The van der Waals surface area contributed by atoms with E-state index in [0.29, 0.717) is 47.9 Å². The molecule has 1 heterocycles. The molecule has 1 aliphatic carbocycles. The second-order valence-corrected chi connectivity index (χ2v) is 8.27. The number of carbonyl (C=O) groups excluding carboxylic acids is 2. The topological polar surface area (TPSA) is 49.9 Å². The Morgan fingerprint density at radius 1 is 0.966 bits per heavy atom. The van der Waals surface area contributed by atoms with Crippen molar-refractivity contribution in [2.45, 2.75) is 12.3 Å². The second kappa shape index (κ2) is 8.64. The summed E-state index contributed by atoms with van der Waals surface area (Å²) < 4.78 is 5.53. The number of amides is 2. The van der Waals surface area contributed by atoms with E-state index in [1.54, 1.807) is 23.1 Å². The first-order valence-corrected chi connectivity index (χ1v) is 10.5. The van der Waals surface area contributed by atoms with Crippen molar-refractivity contribution >= 4 is 35.0 Å². The van der Waals surface area contributed by atoms with Crippen molar-refractivity contribution < 1.29 is 14.3 Å². The number of benzene rings is 2. The van der Waals surface area contributed by atoms with E-state index in [1.165, 1.54) is 5.56 Å². The van der Waals surface area contributed by atoms with Crippen LogP contribution in [0.3, 0.4) is 0 Å². The Labute approximate surface area is 180 Å². The van der Waals surface area contributed by atoms with Crippen LogP contribution in [-0.2, 0) is 9.59 Å². The van der Waals surface area contributed by atoms with Crippen molar-refractivity contribution in [2.75, 3.05) is 32.8 Å². The van der Waals surface area contributed by atoms with Gasteiger partial charge in [-0.15, -0.1) is 0 Å². The van der Waals surface area contributed by atoms with Gasteiger partial charge in [-0.2, -0.15) is 0 Å². The maximum atomic E-state index is 12.8. The summed E-state index contributed by atoms with van der Waals surface area (Å²) >= 11 is 11.9. The van der Waals surface area contributed by atoms with Crippen molar-refractivity contribution in [2.24, 2.45) is 5.92 Å². The molecule has 152 valence electrons. The first-order chi connectivity index (χ1) is 14.0. The van der Waals surface area contributed by atoms with Gasteiger partial charge in [-0.3, -0.25) is 9.59 Å². The molecule has 0 N–H and O–H groups in total. The van der Waals surface area contributed by atoms with Crippen LogP contribution in [0.1, 0.15) is 17.9 Å². The molecule has 0 bridgehead atoms. The molecule has 2 aliphatic rings. The van der Waals surface area contributed by atoms with E-state index in [0.717, 1.165) is 6.42 Å². The Kier molecular flexibility index (Phi) is 5.97. The van der Waals surface area contributed by atoms with Gasteiger partial charge in [0.15, 0.2) is 6.61 Å². The molecule has 1 saturated heterocycles. The number of hydrogen-bond donors (Lipinski definition) is 0. The highest BCUT2D eigenvalue weighted by atomic mass is 35.5. The zero-order valence-corrected chi connectivity index (χ0v) is 17.4. The van der Waals surface area contributed by atoms with Gasteiger partial charge in [0.2, 0.25) is 5.91 Å². The SMILES string of the molecule is O=C(COc1ccc(Cl)cc1Cl)N1CCN(C(=O)[C@H]2C[C@H]2c2ccccc2)CC1. The lowest BCUT2D eigenvalue weighted by molar-refractivity contribution is -0.141. The third-order valence-electron chi connectivity index (χ3n) is 5.52. The molecular formula is C22H22Cl2N2O3. The number of rotatable bonds is 5. The number of hydrogen-bond acceptors (Lipinski definition) is 3. The molecule has 2 fully saturated rings. The van der Waals surface area contributed by atoms with Crippen molar-refractivity contribution in [1.29, 1.82) is 0 Å². The van der Waals surface area contributed by atoms with Gasteiger partial charge < -0.3 is 14.5 Å². The minimum Gasteiger partial charge on any atom is -0.482 e. The Hall–Kier alpha value is -2.24. The van der Waals surface area contributed by atoms with E-state index in [-0.39, 0.29) is 24.3 Å². The maximum absolute atomic E-state index is 12.8. The average Bonchev–Trinajstić information content (AvgIpc) is 3.54. The predicted octanol–water partition coefficient (Wildman–Crippen LogP) is 3.85. The lowest BCUT2D eigenvalue weighted by Crippen LogP contribution is -2.52. The van der Waals surface area contributed by atoms with Crippen LogP contribution >= 0.6 is 23.2 Å². The minimum absolute atomic E-state index is 0.0787. The number of piperazine rings is 1. The molecule has 2 amide bonds. The highest BCUT2D eigenvalue weighted by Crippen LogP contribution is 2.48. The monoisotopic (exact) mass is 432 g/mol. The van der Waals surface area contributed by atoms with E-state index >= 15 is 0 Å². The van der Waals surface area contributed by atoms with Gasteiger partial charge in [0.05, 0.1) is 5.02 Å². The number of nitrogens with zero attached hydrogens (tertiary/aromatic N) is 2. The smallest absolute Gasteiger partial charge is 0.260 e. The van der Waals surface area contributed by atoms with Gasteiger partial charge in [-0.05, 0) is 36.1 Å². The molecule has 2 aromatic rings. The molecule has 29 heavy (non-hydrogen) atoms. The molecule has 2 atom stereocenters. The number of ether oxygens (including phenoxy) is 1. The lowest BCUT2D eigenvalue weighted by Gasteiger charge is -2.35. The van der Waals surface area contributed by atoms with Crippen LogP contribution in [0.15, 0.2) is 48.5 Å². The summed E-state index contributed by atoms with van der Waals surface area (Å²) in [6.07, 6.45) is 0.914. The molecule has 0 spiro atoms. The Morgan fingerprint density at radius 2 is 1.66 bits per heavy atom. The van der Waals surface area contributed by atoms with E-state index in [1.807, 2.05) is 23.1 Å². The quantitative estimate of drug-likeness (QED) is 0.720.